The average molecular weight is 452 g/mol. The number of carbonyl (C=O) groups excluding carboxylic acids is 5. The Kier molecular flexibility index (Phi) is 10.3. The first-order chi connectivity index (χ1) is 14.9. The highest BCUT2D eigenvalue weighted by Crippen LogP contribution is 2.26. The van der Waals surface area contributed by atoms with E-state index in [1.54, 1.807) is 20.8 Å². The first-order valence-corrected chi connectivity index (χ1v) is 11.0. The molecular weight excluding hydrogens is 414 g/mol. The lowest BCUT2D eigenvalue weighted by Crippen LogP contribution is -2.59. The maximum absolute atomic E-state index is 13.2. The van der Waals surface area contributed by atoms with Gasteiger partial charge in [0, 0.05) is 13.1 Å². The Morgan fingerprint density at radius 2 is 1.84 bits per heavy atom. The molecule has 0 spiro atoms. The summed E-state index contributed by atoms with van der Waals surface area (Å²) in [5.74, 6) is -2.42. The number of unbranched alkanes of at least 4 members (excludes halogenated alkanes) is 1. The second-order valence-corrected chi connectivity index (χ2v) is 9.06. The molecule has 180 valence electrons. The molecule has 1 aliphatic rings. The van der Waals surface area contributed by atoms with E-state index < -0.39 is 53.1 Å². The average Bonchev–Trinajstić information content (AvgIpc) is 3.21. The molecule has 0 aromatic carbocycles. The van der Waals surface area contributed by atoms with Crippen molar-refractivity contribution in [3.05, 3.63) is 12.7 Å². The van der Waals surface area contributed by atoms with Gasteiger partial charge in [0.2, 0.25) is 17.6 Å². The maximum atomic E-state index is 13.2. The van der Waals surface area contributed by atoms with Gasteiger partial charge in [-0.1, -0.05) is 46.6 Å². The van der Waals surface area contributed by atoms with Crippen molar-refractivity contribution in [2.75, 3.05) is 13.1 Å². The Bertz CT molecular complexity index is 731. The summed E-state index contributed by atoms with van der Waals surface area (Å²) in [7, 11) is 0. The van der Waals surface area contributed by atoms with Crippen molar-refractivity contribution in [1.29, 1.82) is 0 Å². The number of hydrogen-bond donors (Lipinski definition) is 4. The molecule has 3 atom stereocenters. The van der Waals surface area contributed by atoms with E-state index in [-0.39, 0.29) is 6.54 Å². The molecule has 0 saturated carbocycles. The summed E-state index contributed by atoms with van der Waals surface area (Å²) in [4.78, 5) is 63.8. The smallest absolute Gasteiger partial charge is 0.312 e. The summed E-state index contributed by atoms with van der Waals surface area (Å²) in [6.45, 7) is 11.3. The van der Waals surface area contributed by atoms with Gasteiger partial charge < -0.3 is 26.6 Å². The van der Waals surface area contributed by atoms with Gasteiger partial charge in [-0.05, 0) is 24.7 Å². The summed E-state index contributed by atoms with van der Waals surface area (Å²) >= 11 is 0. The normalized spacial score (nSPS) is 17.8. The number of hydrogen-bond acceptors (Lipinski definition) is 5. The van der Waals surface area contributed by atoms with Crippen LogP contribution < -0.4 is 21.7 Å². The van der Waals surface area contributed by atoms with Gasteiger partial charge in [0.25, 0.3) is 5.91 Å². The zero-order valence-corrected chi connectivity index (χ0v) is 19.5. The van der Waals surface area contributed by atoms with Gasteiger partial charge in [0.1, 0.15) is 12.1 Å². The fraction of sp³-hybridized carbons (Fsp3) is 0.682. The molecule has 1 unspecified atom stereocenters. The first kappa shape index (κ1) is 27.1. The maximum Gasteiger partial charge on any atom is 0.312 e. The van der Waals surface area contributed by atoms with Crippen molar-refractivity contribution in [3.8, 4) is 0 Å². The van der Waals surface area contributed by atoms with Crippen LogP contribution in [0.5, 0.6) is 0 Å². The number of carbonyl (C=O) groups is 5. The van der Waals surface area contributed by atoms with Gasteiger partial charge in [0.15, 0.2) is 0 Å². The lowest BCUT2D eigenvalue weighted by molar-refractivity contribution is -0.143. The molecule has 0 aromatic heterocycles. The number of Topliss-reactive ketones (excluding diaryl/α,β-unsaturated/α-hetero) is 1. The number of nitrogens with two attached hydrogens (primary N) is 1. The highest BCUT2D eigenvalue weighted by Gasteiger charge is 2.42. The third-order valence-electron chi connectivity index (χ3n) is 5.35. The Morgan fingerprint density at radius 3 is 2.38 bits per heavy atom. The Balaban J connectivity index is 3.00. The monoisotopic (exact) mass is 451 g/mol. The topological polar surface area (TPSA) is 151 Å². The van der Waals surface area contributed by atoms with E-state index in [0.29, 0.717) is 32.2 Å². The van der Waals surface area contributed by atoms with Gasteiger partial charge in [-0.3, -0.25) is 19.2 Å². The number of rotatable bonds is 11. The predicted octanol–water partition coefficient (Wildman–Crippen LogP) is 0.607. The van der Waals surface area contributed by atoms with E-state index in [4.69, 9.17) is 5.73 Å². The van der Waals surface area contributed by atoms with E-state index in [0.717, 1.165) is 6.42 Å². The van der Waals surface area contributed by atoms with Gasteiger partial charge in [-0.15, -0.1) is 6.58 Å². The van der Waals surface area contributed by atoms with Crippen molar-refractivity contribution in [2.45, 2.75) is 77.9 Å². The van der Waals surface area contributed by atoms with E-state index >= 15 is 0 Å². The predicted molar refractivity (Wildman–Crippen MR) is 120 cm³/mol. The molecule has 0 aromatic rings. The minimum absolute atomic E-state index is 0.144. The fourth-order valence-electron chi connectivity index (χ4n) is 3.62. The molecule has 10 nitrogen and oxygen atoms in total. The molecule has 1 fully saturated rings. The largest absolute Gasteiger partial charge is 0.352 e. The van der Waals surface area contributed by atoms with E-state index in [1.165, 1.54) is 11.0 Å². The molecule has 1 rings (SSSR count). The summed E-state index contributed by atoms with van der Waals surface area (Å²) < 4.78 is 0. The minimum Gasteiger partial charge on any atom is -0.352 e. The van der Waals surface area contributed by atoms with Crippen LogP contribution in [0.25, 0.3) is 0 Å². The van der Waals surface area contributed by atoms with Crippen LogP contribution in [-0.4, -0.2) is 65.7 Å². The zero-order chi connectivity index (χ0) is 24.5. The van der Waals surface area contributed by atoms with Crippen LogP contribution in [0.1, 0.15) is 59.8 Å². The second-order valence-electron chi connectivity index (χ2n) is 9.06. The molecule has 5 amide bonds. The highest BCUT2D eigenvalue weighted by molar-refractivity contribution is 6.38. The van der Waals surface area contributed by atoms with Crippen LogP contribution in [0.3, 0.4) is 0 Å². The molecular formula is C22H37N5O5. The molecule has 10 heteroatoms. The number of amides is 5. The van der Waals surface area contributed by atoms with E-state index in [1.807, 2.05) is 6.92 Å². The van der Waals surface area contributed by atoms with Gasteiger partial charge in [-0.2, -0.15) is 0 Å². The molecule has 32 heavy (non-hydrogen) atoms. The highest BCUT2D eigenvalue weighted by atomic mass is 16.2. The van der Waals surface area contributed by atoms with Crippen molar-refractivity contribution < 1.29 is 24.0 Å². The van der Waals surface area contributed by atoms with Crippen molar-refractivity contribution in [3.63, 3.8) is 0 Å². The number of nitrogens with one attached hydrogen (secondary N) is 3. The molecule has 0 aliphatic carbocycles. The third-order valence-corrected chi connectivity index (χ3v) is 5.35. The van der Waals surface area contributed by atoms with Crippen LogP contribution in [0, 0.1) is 5.41 Å². The van der Waals surface area contributed by atoms with Crippen molar-refractivity contribution in [2.24, 2.45) is 11.1 Å². The van der Waals surface area contributed by atoms with Crippen LogP contribution >= 0.6 is 0 Å². The van der Waals surface area contributed by atoms with Crippen LogP contribution in [0.2, 0.25) is 0 Å². The summed E-state index contributed by atoms with van der Waals surface area (Å²) in [5.41, 5.74) is 4.62. The fourth-order valence-corrected chi connectivity index (χ4v) is 3.62. The molecule has 0 bridgehead atoms. The minimum atomic E-state index is -0.980. The quantitative estimate of drug-likeness (QED) is 0.268. The van der Waals surface area contributed by atoms with E-state index in [2.05, 4.69) is 22.5 Å². The standard InChI is InChI=1S/C22H37N5O5/c1-6-8-10-14(16(28)19(30)24-12-7-2)25-18(29)15-11-9-13-27(15)20(31)17(22(3,4)5)26-21(23)32/h7,14-15,17H,2,6,8-13H2,1,3-5H3,(H,24,30)(H,25,29)(H3,23,26,32)/t14?,15-,17+/m0/s1. The molecule has 5 N–H and O–H groups in total. The Labute approximate surface area is 189 Å². The summed E-state index contributed by atoms with van der Waals surface area (Å²) in [6, 6.07) is -3.51. The SMILES string of the molecule is C=CCNC(=O)C(=O)C(CCCC)NC(=O)[C@@H]1CCCN1C(=O)[C@@H](NC(N)=O)C(C)(C)C. The lowest BCUT2D eigenvalue weighted by Gasteiger charge is -2.35. The van der Waals surface area contributed by atoms with Crippen LogP contribution in [0.15, 0.2) is 12.7 Å². The Morgan fingerprint density at radius 1 is 1.19 bits per heavy atom. The lowest BCUT2D eigenvalue weighted by atomic mass is 9.85. The van der Waals surface area contributed by atoms with Crippen LogP contribution in [0.4, 0.5) is 4.79 Å². The number of likely N-dealkylation sites (tertiary alicyclic amines) is 1. The van der Waals surface area contributed by atoms with E-state index in [9.17, 15) is 24.0 Å². The van der Waals surface area contributed by atoms with Gasteiger partial charge in [0.05, 0.1) is 6.04 Å². The molecule has 0 radical (unpaired) electrons. The second kappa shape index (κ2) is 12.2. The number of ketones is 1. The third kappa shape index (κ3) is 7.65. The summed E-state index contributed by atoms with van der Waals surface area (Å²) in [5, 5.41) is 7.59. The van der Waals surface area contributed by atoms with Crippen molar-refractivity contribution >= 4 is 29.5 Å². The number of primary amides is 1. The Hall–Kier alpha value is -2.91. The molecule has 1 saturated heterocycles. The zero-order valence-electron chi connectivity index (χ0n) is 19.5. The molecule has 1 aliphatic heterocycles. The van der Waals surface area contributed by atoms with Crippen LogP contribution in [-0.2, 0) is 19.2 Å². The first-order valence-electron chi connectivity index (χ1n) is 11.0. The summed E-state index contributed by atoms with van der Waals surface area (Å²) in [6.07, 6.45) is 4.23. The van der Waals surface area contributed by atoms with Gasteiger partial charge in [-0.25, -0.2) is 4.79 Å². The number of urea groups is 1. The molecule has 1 heterocycles. The number of nitrogens with zero attached hydrogens (tertiary/aromatic N) is 1. The van der Waals surface area contributed by atoms with Crippen molar-refractivity contribution in [1.82, 2.24) is 20.9 Å². The van der Waals surface area contributed by atoms with Gasteiger partial charge >= 0.3 is 6.03 Å².